The molecule has 2 aromatic carbocycles. The Kier molecular flexibility index (Phi) is 6.26. The van der Waals surface area contributed by atoms with E-state index >= 15 is 0 Å². The molecule has 1 heterocycles. The number of carbonyl (C=O) groups is 1. The van der Waals surface area contributed by atoms with E-state index in [1.807, 2.05) is 48.1 Å². The van der Waals surface area contributed by atoms with Crippen LogP contribution in [0.2, 0.25) is 0 Å². The van der Waals surface area contributed by atoms with Gasteiger partial charge in [0.2, 0.25) is 0 Å². The summed E-state index contributed by atoms with van der Waals surface area (Å²) in [6.45, 7) is 0. The predicted octanol–water partition coefficient (Wildman–Crippen LogP) is 2.83. The van der Waals surface area contributed by atoms with Gasteiger partial charge in [0.05, 0.1) is 7.11 Å². The van der Waals surface area contributed by atoms with Crippen molar-refractivity contribution in [2.24, 2.45) is 7.05 Å². The van der Waals surface area contributed by atoms with Crippen LogP contribution < -0.4 is 10.1 Å². The average molecular weight is 398 g/mol. The minimum Gasteiger partial charge on any atom is -0.496 e. The molecule has 0 radical (unpaired) electrons. The van der Waals surface area contributed by atoms with E-state index in [0.29, 0.717) is 22.9 Å². The summed E-state index contributed by atoms with van der Waals surface area (Å²) in [6, 6.07) is 14.3. The number of rotatable bonds is 7. The van der Waals surface area contributed by atoms with E-state index in [1.54, 1.807) is 37.8 Å². The molecule has 3 aromatic rings. The molecular formula is C21H23N3O3S. The maximum atomic E-state index is 13.0. The van der Waals surface area contributed by atoms with Gasteiger partial charge in [-0.15, -0.1) is 0 Å². The molecule has 0 bridgehead atoms. The van der Waals surface area contributed by atoms with Gasteiger partial charge in [0.15, 0.2) is 0 Å². The lowest BCUT2D eigenvalue weighted by molar-refractivity contribution is 0.0940. The first-order valence-electron chi connectivity index (χ1n) is 8.79. The Morgan fingerprint density at radius 1 is 1.25 bits per heavy atom. The number of ether oxygens (including phenoxy) is 1. The van der Waals surface area contributed by atoms with E-state index in [0.717, 1.165) is 11.1 Å². The highest BCUT2D eigenvalue weighted by Gasteiger charge is 2.24. The lowest BCUT2D eigenvalue weighted by Gasteiger charge is -2.21. The van der Waals surface area contributed by atoms with Crippen molar-refractivity contribution >= 4 is 16.7 Å². The Balaban J connectivity index is 1.95. The molecule has 1 N–H and O–H groups in total. The van der Waals surface area contributed by atoms with E-state index in [-0.39, 0.29) is 5.91 Å². The zero-order chi connectivity index (χ0) is 20.1. The average Bonchev–Trinajstić information content (AvgIpc) is 3.11. The van der Waals surface area contributed by atoms with Crippen LogP contribution in [0, 0.1) is 0 Å². The number of aryl methyl sites for hydroxylation is 1. The number of benzene rings is 2. The van der Waals surface area contributed by atoms with Gasteiger partial charge >= 0.3 is 0 Å². The fourth-order valence-corrected chi connectivity index (χ4v) is 3.74. The lowest BCUT2D eigenvalue weighted by Crippen LogP contribution is -2.31. The fourth-order valence-electron chi connectivity index (χ4n) is 3.09. The first-order chi connectivity index (χ1) is 13.5. The van der Waals surface area contributed by atoms with Gasteiger partial charge in [-0.2, -0.15) is 0 Å². The number of methoxy groups -OCH3 is 1. The third kappa shape index (κ3) is 4.48. The van der Waals surface area contributed by atoms with Crippen LogP contribution in [0.25, 0.3) is 0 Å². The molecule has 0 aliphatic heterocycles. The second-order valence-electron chi connectivity index (χ2n) is 6.46. The van der Waals surface area contributed by atoms with Gasteiger partial charge in [-0.25, -0.2) is 4.98 Å². The summed E-state index contributed by atoms with van der Waals surface area (Å²) in [5.74, 6) is 1.55. The first-order valence-corrected chi connectivity index (χ1v) is 10.5. The molecule has 7 heteroatoms. The lowest BCUT2D eigenvalue weighted by atomic mass is 10.0. The molecular weight excluding hydrogens is 374 g/mol. The SMILES string of the molecule is COc1ccccc1C(NC(=O)c1cccc(CS(C)=O)c1)c1nccn1C. The number of amides is 1. The predicted molar refractivity (Wildman–Crippen MR) is 110 cm³/mol. The molecule has 1 amide bonds. The quantitative estimate of drug-likeness (QED) is 0.665. The summed E-state index contributed by atoms with van der Waals surface area (Å²) in [6.07, 6.45) is 5.17. The summed E-state index contributed by atoms with van der Waals surface area (Å²) >= 11 is 0. The largest absolute Gasteiger partial charge is 0.496 e. The molecule has 6 nitrogen and oxygen atoms in total. The fraction of sp³-hybridized carbons (Fsp3) is 0.238. The summed E-state index contributed by atoms with van der Waals surface area (Å²) in [5, 5.41) is 3.07. The smallest absolute Gasteiger partial charge is 0.252 e. The number of para-hydroxylation sites is 1. The number of imidazole rings is 1. The molecule has 2 unspecified atom stereocenters. The van der Waals surface area contributed by atoms with Gasteiger partial charge < -0.3 is 14.6 Å². The second-order valence-corrected chi connectivity index (χ2v) is 7.90. The van der Waals surface area contributed by atoms with Gasteiger partial charge in [0, 0.05) is 53.4 Å². The maximum Gasteiger partial charge on any atom is 0.252 e. The van der Waals surface area contributed by atoms with Crippen molar-refractivity contribution < 1.29 is 13.7 Å². The normalized spacial score (nSPS) is 13.0. The Morgan fingerprint density at radius 3 is 2.71 bits per heavy atom. The minimum atomic E-state index is -0.972. The summed E-state index contributed by atoms with van der Waals surface area (Å²) in [7, 11) is 2.51. The molecule has 28 heavy (non-hydrogen) atoms. The van der Waals surface area contributed by atoms with Gasteiger partial charge in [-0.1, -0.05) is 30.3 Å². The highest BCUT2D eigenvalue weighted by Crippen LogP contribution is 2.29. The molecule has 0 aliphatic rings. The molecule has 0 aliphatic carbocycles. The standard InChI is InChI=1S/C21H23N3O3S/c1-24-12-11-22-20(24)19(17-9-4-5-10-18(17)27-2)23-21(25)16-8-6-7-15(13-16)14-28(3)26/h4-13,19H,14H2,1-3H3,(H,23,25). The number of nitrogens with zero attached hydrogens (tertiary/aromatic N) is 2. The molecule has 146 valence electrons. The Morgan fingerprint density at radius 2 is 2.04 bits per heavy atom. The van der Waals surface area contributed by atoms with Crippen molar-refractivity contribution in [1.82, 2.24) is 14.9 Å². The van der Waals surface area contributed by atoms with Crippen LogP contribution in [0.1, 0.15) is 33.4 Å². The van der Waals surface area contributed by atoms with Crippen LogP contribution in [0.15, 0.2) is 60.9 Å². The van der Waals surface area contributed by atoms with E-state index in [2.05, 4.69) is 10.3 Å². The highest BCUT2D eigenvalue weighted by molar-refractivity contribution is 7.83. The molecule has 0 fully saturated rings. The molecule has 0 saturated carbocycles. The minimum absolute atomic E-state index is 0.234. The zero-order valence-corrected chi connectivity index (χ0v) is 16.9. The van der Waals surface area contributed by atoms with E-state index in [4.69, 9.17) is 4.74 Å². The molecule has 3 rings (SSSR count). The maximum absolute atomic E-state index is 13.0. The van der Waals surface area contributed by atoms with Gasteiger partial charge in [0.1, 0.15) is 17.6 Å². The third-order valence-electron chi connectivity index (χ3n) is 4.40. The highest BCUT2D eigenvalue weighted by atomic mass is 32.2. The molecule has 2 atom stereocenters. The first kappa shape index (κ1) is 19.8. The summed E-state index contributed by atoms with van der Waals surface area (Å²) < 4.78 is 18.9. The van der Waals surface area contributed by atoms with Crippen molar-refractivity contribution in [3.63, 3.8) is 0 Å². The van der Waals surface area contributed by atoms with Crippen LogP contribution in [0.3, 0.4) is 0 Å². The van der Waals surface area contributed by atoms with Crippen LogP contribution >= 0.6 is 0 Å². The van der Waals surface area contributed by atoms with Crippen molar-refractivity contribution in [2.75, 3.05) is 13.4 Å². The van der Waals surface area contributed by atoms with Crippen LogP contribution in [0.5, 0.6) is 5.75 Å². The van der Waals surface area contributed by atoms with E-state index in [9.17, 15) is 9.00 Å². The summed E-state index contributed by atoms with van der Waals surface area (Å²) in [5.41, 5.74) is 2.19. The van der Waals surface area contributed by atoms with E-state index < -0.39 is 16.8 Å². The number of nitrogens with one attached hydrogen (secondary N) is 1. The van der Waals surface area contributed by atoms with Crippen molar-refractivity contribution in [1.29, 1.82) is 0 Å². The monoisotopic (exact) mass is 397 g/mol. The van der Waals surface area contributed by atoms with Gasteiger partial charge in [0.25, 0.3) is 5.91 Å². The number of aromatic nitrogens is 2. The number of carbonyl (C=O) groups excluding carboxylic acids is 1. The number of hydrogen-bond acceptors (Lipinski definition) is 4. The molecule has 0 spiro atoms. The van der Waals surface area contributed by atoms with Gasteiger partial charge in [-0.05, 0) is 23.8 Å². The van der Waals surface area contributed by atoms with Gasteiger partial charge in [-0.3, -0.25) is 9.00 Å². The molecule has 1 aromatic heterocycles. The van der Waals surface area contributed by atoms with Crippen LogP contribution in [0.4, 0.5) is 0 Å². The van der Waals surface area contributed by atoms with Crippen molar-refractivity contribution in [2.45, 2.75) is 11.8 Å². The zero-order valence-electron chi connectivity index (χ0n) is 16.1. The molecule has 0 saturated heterocycles. The topological polar surface area (TPSA) is 73.2 Å². The Hall–Kier alpha value is -2.93. The van der Waals surface area contributed by atoms with Crippen molar-refractivity contribution in [3.8, 4) is 5.75 Å². The second kappa shape index (κ2) is 8.84. The van der Waals surface area contributed by atoms with Crippen molar-refractivity contribution in [3.05, 3.63) is 83.4 Å². The third-order valence-corrected chi connectivity index (χ3v) is 5.14. The number of hydrogen-bond donors (Lipinski definition) is 1. The Bertz CT molecular complexity index is 1000. The Labute approximate surface area is 167 Å². The van der Waals surface area contributed by atoms with Crippen LogP contribution in [-0.2, 0) is 23.6 Å². The van der Waals surface area contributed by atoms with Crippen LogP contribution in [-0.4, -0.2) is 33.0 Å². The summed E-state index contributed by atoms with van der Waals surface area (Å²) in [4.78, 5) is 17.4. The van der Waals surface area contributed by atoms with E-state index in [1.165, 1.54) is 0 Å².